The van der Waals surface area contributed by atoms with Crippen molar-refractivity contribution in [2.75, 3.05) is 13.2 Å². The Morgan fingerprint density at radius 3 is 1.00 bits per heavy atom. The Kier molecular flexibility index (Phi) is 45.7. The van der Waals surface area contributed by atoms with E-state index >= 15 is 0 Å². The zero-order valence-electron chi connectivity index (χ0n) is 40.0. The maximum absolute atomic E-state index is 12.8. The van der Waals surface area contributed by atoms with Gasteiger partial charge in [0.1, 0.15) is 13.2 Å². The second-order valence-electron chi connectivity index (χ2n) is 18.3. The fourth-order valence-electron chi connectivity index (χ4n) is 7.74. The van der Waals surface area contributed by atoms with Crippen LogP contribution < -0.4 is 0 Å². The summed E-state index contributed by atoms with van der Waals surface area (Å²) in [4.78, 5) is 37.9. The highest BCUT2D eigenvalue weighted by Crippen LogP contribution is 2.16. The van der Waals surface area contributed by atoms with Gasteiger partial charge in [0.2, 0.25) is 0 Å². The van der Waals surface area contributed by atoms with E-state index in [0.29, 0.717) is 19.3 Å². The van der Waals surface area contributed by atoms with Crippen LogP contribution in [-0.2, 0) is 28.6 Å². The first-order valence-electron chi connectivity index (χ1n) is 26.0. The molecule has 0 saturated carbocycles. The summed E-state index contributed by atoms with van der Waals surface area (Å²) in [5.74, 6) is -0.0393. The van der Waals surface area contributed by atoms with Crippen molar-refractivity contribution in [3.05, 3.63) is 12.2 Å². The van der Waals surface area contributed by atoms with Crippen LogP contribution >= 0.6 is 0 Å². The van der Waals surface area contributed by atoms with Crippen molar-refractivity contribution in [2.24, 2.45) is 5.92 Å². The molecule has 0 aromatic carbocycles. The third-order valence-corrected chi connectivity index (χ3v) is 11.7. The summed E-state index contributed by atoms with van der Waals surface area (Å²) >= 11 is 0. The molecule has 348 valence electrons. The van der Waals surface area contributed by atoms with E-state index in [-0.39, 0.29) is 31.1 Å². The molecule has 0 rings (SSSR count). The summed E-state index contributed by atoms with van der Waals surface area (Å²) in [7, 11) is 0. The van der Waals surface area contributed by atoms with Gasteiger partial charge < -0.3 is 14.2 Å². The predicted octanol–water partition coefficient (Wildman–Crippen LogP) is 16.8. The Labute approximate surface area is 367 Å². The number of esters is 3. The van der Waals surface area contributed by atoms with Gasteiger partial charge in [-0.2, -0.15) is 0 Å². The lowest BCUT2D eigenvalue weighted by atomic mass is 10.0. The second kappa shape index (κ2) is 47.2. The molecule has 0 aromatic rings. The molecule has 0 heterocycles. The molecule has 0 aliphatic heterocycles. The zero-order chi connectivity index (χ0) is 43.1. The van der Waals surface area contributed by atoms with Crippen molar-refractivity contribution < 1.29 is 28.6 Å². The molecular formula is C53H100O6. The summed E-state index contributed by atoms with van der Waals surface area (Å²) in [6.07, 6.45) is 50.5. The molecule has 0 aromatic heterocycles. The van der Waals surface area contributed by atoms with Gasteiger partial charge in [0, 0.05) is 19.3 Å². The Morgan fingerprint density at radius 1 is 0.373 bits per heavy atom. The zero-order valence-corrected chi connectivity index (χ0v) is 40.0. The van der Waals surface area contributed by atoms with E-state index in [4.69, 9.17) is 14.2 Å². The maximum Gasteiger partial charge on any atom is 0.306 e. The van der Waals surface area contributed by atoms with Gasteiger partial charge >= 0.3 is 17.9 Å². The minimum Gasteiger partial charge on any atom is -0.462 e. The van der Waals surface area contributed by atoms with E-state index in [1.54, 1.807) is 0 Å². The highest BCUT2D eigenvalue weighted by molar-refractivity contribution is 5.71. The minimum atomic E-state index is -0.767. The third-order valence-electron chi connectivity index (χ3n) is 11.7. The van der Waals surface area contributed by atoms with Crippen molar-refractivity contribution in [2.45, 2.75) is 291 Å². The first-order chi connectivity index (χ1) is 28.9. The number of hydrogen-bond acceptors (Lipinski definition) is 6. The van der Waals surface area contributed by atoms with Crippen LogP contribution in [0.3, 0.4) is 0 Å². The van der Waals surface area contributed by atoms with Gasteiger partial charge in [-0.3, -0.25) is 14.4 Å². The molecule has 0 spiro atoms. The van der Waals surface area contributed by atoms with Crippen LogP contribution in [0.2, 0.25) is 0 Å². The monoisotopic (exact) mass is 833 g/mol. The minimum absolute atomic E-state index is 0.0682. The fourth-order valence-corrected chi connectivity index (χ4v) is 7.74. The number of carbonyl (C=O) groups is 3. The van der Waals surface area contributed by atoms with E-state index in [1.165, 1.54) is 173 Å². The predicted molar refractivity (Wildman–Crippen MR) is 252 cm³/mol. The molecule has 59 heavy (non-hydrogen) atoms. The van der Waals surface area contributed by atoms with Crippen LogP contribution in [-0.4, -0.2) is 37.2 Å². The van der Waals surface area contributed by atoms with Crippen LogP contribution in [0.15, 0.2) is 12.2 Å². The first kappa shape index (κ1) is 57.1. The van der Waals surface area contributed by atoms with Gasteiger partial charge in [-0.25, -0.2) is 0 Å². The maximum atomic E-state index is 12.8. The van der Waals surface area contributed by atoms with E-state index in [1.807, 2.05) is 0 Å². The van der Waals surface area contributed by atoms with Gasteiger partial charge in [-0.1, -0.05) is 232 Å². The summed E-state index contributed by atoms with van der Waals surface area (Å²) in [6, 6.07) is 0. The topological polar surface area (TPSA) is 78.9 Å². The molecule has 6 heteroatoms. The van der Waals surface area contributed by atoms with Gasteiger partial charge in [0.15, 0.2) is 6.10 Å². The molecule has 1 atom stereocenters. The van der Waals surface area contributed by atoms with Crippen LogP contribution in [0.1, 0.15) is 285 Å². The van der Waals surface area contributed by atoms with Crippen molar-refractivity contribution in [3.63, 3.8) is 0 Å². The highest BCUT2D eigenvalue weighted by atomic mass is 16.6. The van der Waals surface area contributed by atoms with Gasteiger partial charge in [0.25, 0.3) is 0 Å². The van der Waals surface area contributed by atoms with E-state index in [0.717, 1.165) is 70.1 Å². The van der Waals surface area contributed by atoms with E-state index < -0.39 is 6.10 Å². The second-order valence-corrected chi connectivity index (χ2v) is 18.3. The average molecular weight is 833 g/mol. The Morgan fingerprint density at radius 2 is 0.661 bits per heavy atom. The molecular weight excluding hydrogens is 733 g/mol. The molecule has 0 aliphatic carbocycles. The van der Waals surface area contributed by atoms with Gasteiger partial charge in [-0.05, 0) is 50.9 Å². The van der Waals surface area contributed by atoms with Gasteiger partial charge in [0.05, 0.1) is 0 Å². The summed E-state index contributed by atoms with van der Waals surface area (Å²) in [5.41, 5.74) is 0. The van der Waals surface area contributed by atoms with Crippen molar-refractivity contribution in [1.82, 2.24) is 0 Å². The Bertz CT molecular complexity index is 929. The quantitative estimate of drug-likeness (QED) is 0.0263. The van der Waals surface area contributed by atoms with Crippen molar-refractivity contribution in [1.29, 1.82) is 0 Å². The molecule has 0 N–H and O–H groups in total. The van der Waals surface area contributed by atoms with Crippen molar-refractivity contribution in [3.8, 4) is 0 Å². The summed E-state index contributed by atoms with van der Waals surface area (Å²) < 4.78 is 16.8. The Balaban J connectivity index is 4.34. The normalized spacial score (nSPS) is 12.1. The fraction of sp³-hybridized carbons (Fsp3) is 0.906. The third kappa shape index (κ3) is 47.1. The largest absolute Gasteiger partial charge is 0.462 e. The van der Waals surface area contributed by atoms with E-state index in [2.05, 4.69) is 39.8 Å². The molecule has 6 nitrogen and oxygen atoms in total. The van der Waals surface area contributed by atoms with Crippen LogP contribution in [0.5, 0.6) is 0 Å². The number of hydrogen-bond donors (Lipinski definition) is 0. The highest BCUT2D eigenvalue weighted by Gasteiger charge is 2.19. The number of rotatable bonds is 47. The first-order valence-corrected chi connectivity index (χ1v) is 26.0. The average Bonchev–Trinajstić information content (AvgIpc) is 3.22. The van der Waals surface area contributed by atoms with Crippen LogP contribution in [0, 0.1) is 5.92 Å². The van der Waals surface area contributed by atoms with Gasteiger partial charge in [-0.15, -0.1) is 0 Å². The Hall–Kier alpha value is -1.85. The SMILES string of the molecule is CCCCCCCC/C=C\CCCCCCCC(=O)OC[C@H](COC(=O)CCCCCCCCCCCCCC)OC(=O)CCCCCCCCCCCCCC(C)C. The molecule has 0 bridgehead atoms. The molecule has 0 fully saturated rings. The lowest BCUT2D eigenvalue weighted by Gasteiger charge is -2.18. The smallest absolute Gasteiger partial charge is 0.306 e. The standard InChI is InChI=1S/C53H100O6/c1-5-7-9-11-13-15-17-19-20-21-25-29-33-37-41-45-52(55)58-48-50(47-57-51(54)44-40-36-32-28-24-18-16-14-12-10-8-6-2)59-53(56)46-42-38-34-30-26-22-23-27-31-35-39-43-49(3)4/h19-20,49-50H,5-18,21-48H2,1-4H3/b20-19-/t50-/m0/s1. The number of allylic oxidation sites excluding steroid dienone is 2. The number of unbranched alkanes of at least 4 members (excludes halogenated alkanes) is 32. The summed E-state index contributed by atoms with van der Waals surface area (Å²) in [6.45, 7) is 9.00. The van der Waals surface area contributed by atoms with Crippen LogP contribution in [0.25, 0.3) is 0 Å². The summed E-state index contributed by atoms with van der Waals surface area (Å²) in [5, 5.41) is 0. The lowest BCUT2D eigenvalue weighted by molar-refractivity contribution is -0.167. The molecule has 0 amide bonds. The van der Waals surface area contributed by atoms with Crippen LogP contribution in [0.4, 0.5) is 0 Å². The molecule has 0 radical (unpaired) electrons. The number of carbonyl (C=O) groups excluding carboxylic acids is 3. The number of ether oxygens (including phenoxy) is 3. The molecule has 0 unspecified atom stereocenters. The molecule has 0 aliphatic rings. The molecule has 0 saturated heterocycles. The van der Waals surface area contributed by atoms with E-state index in [9.17, 15) is 14.4 Å². The lowest BCUT2D eigenvalue weighted by Crippen LogP contribution is -2.30. The van der Waals surface area contributed by atoms with Crippen molar-refractivity contribution >= 4 is 17.9 Å².